The number of hydrogen-bond donors (Lipinski definition) is 1. The second kappa shape index (κ2) is 6.42. The Morgan fingerprint density at radius 2 is 1.89 bits per heavy atom. The van der Waals surface area contributed by atoms with Gasteiger partial charge in [-0.2, -0.15) is 0 Å². The highest BCUT2D eigenvalue weighted by Crippen LogP contribution is 2.29. The topological polar surface area (TPSA) is 15.3 Å². The molecule has 0 amide bonds. The van der Waals surface area contributed by atoms with Gasteiger partial charge in [-0.3, -0.25) is 0 Å². The second-order valence-electron chi connectivity index (χ2n) is 6.55. The van der Waals surface area contributed by atoms with Gasteiger partial charge in [0.1, 0.15) is 0 Å². The van der Waals surface area contributed by atoms with E-state index in [9.17, 15) is 0 Å². The van der Waals surface area contributed by atoms with E-state index >= 15 is 0 Å². The molecule has 1 aromatic rings. The molecule has 2 heteroatoms. The summed E-state index contributed by atoms with van der Waals surface area (Å²) >= 11 is 0. The van der Waals surface area contributed by atoms with Crippen molar-refractivity contribution < 1.29 is 0 Å². The number of nitrogens with zero attached hydrogens (tertiary/aromatic N) is 1. The Bertz CT molecular complexity index is 404. The summed E-state index contributed by atoms with van der Waals surface area (Å²) in [5, 5.41) is 3.37. The smallest absolute Gasteiger partial charge is 0.0396 e. The lowest BCUT2D eigenvalue weighted by Crippen LogP contribution is -2.39. The number of hydrogen-bond acceptors (Lipinski definition) is 2. The van der Waals surface area contributed by atoms with Gasteiger partial charge in [0.05, 0.1) is 0 Å². The molecule has 1 rings (SSSR count). The zero-order valence-corrected chi connectivity index (χ0v) is 13.7. The minimum absolute atomic E-state index is 0.281. The van der Waals surface area contributed by atoms with Crippen LogP contribution in [0.4, 0.5) is 5.69 Å². The summed E-state index contributed by atoms with van der Waals surface area (Å²) in [5.41, 5.74) is 4.33. The number of anilines is 1. The molecule has 0 bridgehead atoms. The molecule has 2 nitrogen and oxygen atoms in total. The molecule has 0 aliphatic carbocycles. The van der Waals surface area contributed by atoms with Crippen LogP contribution in [0.3, 0.4) is 0 Å². The van der Waals surface area contributed by atoms with Crippen LogP contribution in [-0.2, 0) is 6.54 Å². The maximum Gasteiger partial charge on any atom is 0.0396 e. The molecule has 1 N–H and O–H groups in total. The van der Waals surface area contributed by atoms with Gasteiger partial charge in [-0.25, -0.2) is 0 Å². The van der Waals surface area contributed by atoms with Crippen LogP contribution < -0.4 is 10.2 Å². The van der Waals surface area contributed by atoms with Crippen molar-refractivity contribution in [2.75, 3.05) is 18.5 Å². The molecular formula is C17H30N2. The summed E-state index contributed by atoms with van der Waals surface area (Å²) in [6.07, 6.45) is 0. The molecule has 0 fully saturated rings. The number of benzene rings is 1. The summed E-state index contributed by atoms with van der Waals surface area (Å²) in [4.78, 5) is 2.40. The molecule has 1 aromatic carbocycles. The first-order chi connectivity index (χ1) is 8.77. The van der Waals surface area contributed by atoms with Gasteiger partial charge in [0.25, 0.3) is 0 Å². The first kappa shape index (κ1) is 16.0. The zero-order valence-electron chi connectivity index (χ0n) is 13.7. The van der Waals surface area contributed by atoms with Crippen LogP contribution in [0.2, 0.25) is 0 Å². The van der Waals surface area contributed by atoms with E-state index in [1.807, 2.05) is 0 Å². The monoisotopic (exact) mass is 262 g/mol. The van der Waals surface area contributed by atoms with Gasteiger partial charge in [0, 0.05) is 25.3 Å². The molecule has 0 radical (unpaired) electrons. The van der Waals surface area contributed by atoms with E-state index in [-0.39, 0.29) is 5.41 Å². The Labute approximate surface area is 119 Å². The fraction of sp³-hybridized carbons (Fsp3) is 0.647. The maximum absolute atomic E-state index is 3.37. The highest BCUT2D eigenvalue weighted by molar-refractivity contribution is 5.54. The van der Waals surface area contributed by atoms with Crippen LogP contribution in [0.25, 0.3) is 0 Å². The van der Waals surface area contributed by atoms with Gasteiger partial charge in [-0.05, 0) is 43.0 Å². The summed E-state index contributed by atoms with van der Waals surface area (Å²) in [6, 6.07) is 7.29. The molecule has 0 aromatic heterocycles. The van der Waals surface area contributed by atoms with E-state index in [0.717, 1.165) is 13.1 Å². The quantitative estimate of drug-likeness (QED) is 0.863. The summed E-state index contributed by atoms with van der Waals surface area (Å²) in [7, 11) is 2.20. The second-order valence-corrected chi connectivity index (χ2v) is 6.55. The largest absolute Gasteiger partial charge is 0.371 e. The van der Waals surface area contributed by atoms with Gasteiger partial charge < -0.3 is 10.2 Å². The Morgan fingerprint density at radius 1 is 1.26 bits per heavy atom. The SMILES string of the molecule is CCNCc1ccc(N(C)C(C)C(C)(C)C)c(C)c1. The van der Waals surface area contributed by atoms with Crippen molar-refractivity contribution in [3.05, 3.63) is 29.3 Å². The first-order valence-corrected chi connectivity index (χ1v) is 7.30. The predicted octanol–water partition coefficient (Wildman–Crippen LogP) is 3.98. The first-order valence-electron chi connectivity index (χ1n) is 7.30. The molecule has 108 valence electrons. The Balaban J connectivity index is 2.90. The molecule has 1 atom stereocenters. The van der Waals surface area contributed by atoms with Gasteiger partial charge in [-0.1, -0.05) is 39.8 Å². The lowest BCUT2D eigenvalue weighted by molar-refractivity contribution is 0.329. The number of aryl methyl sites for hydroxylation is 1. The highest BCUT2D eigenvalue weighted by atomic mass is 15.1. The molecule has 1 unspecified atom stereocenters. The van der Waals surface area contributed by atoms with E-state index in [1.165, 1.54) is 16.8 Å². The van der Waals surface area contributed by atoms with Crippen molar-refractivity contribution in [2.45, 2.75) is 54.1 Å². The van der Waals surface area contributed by atoms with Crippen molar-refractivity contribution in [3.8, 4) is 0 Å². The minimum atomic E-state index is 0.281. The Hall–Kier alpha value is -1.02. The summed E-state index contributed by atoms with van der Waals surface area (Å²) in [5.74, 6) is 0. The minimum Gasteiger partial charge on any atom is -0.371 e. The molecule has 0 heterocycles. The third-order valence-electron chi connectivity index (χ3n) is 4.05. The van der Waals surface area contributed by atoms with Crippen molar-refractivity contribution in [1.29, 1.82) is 0 Å². The molecule has 0 spiro atoms. The molecule has 19 heavy (non-hydrogen) atoms. The van der Waals surface area contributed by atoms with Crippen LogP contribution in [0.5, 0.6) is 0 Å². The van der Waals surface area contributed by atoms with Crippen LogP contribution >= 0.6 is 0 Å². The third kappa shape index (κ3) is 4.24. The van der Waals surface area contributed by atoms with Crippen molar-refractivity contribution in [3.63, 3.8) is 0 Å². The van der Waals surface area contributed by atoms with Gasteiger partial charge in [0.15, 0.2) is 0 Å². The fourth-order valence-corrected chi connectivity index (χ4v) is 2.28. The molecule has 0 saturated heterocycles. The lowest BCUT2D eigenvalue weighted by atomic mass is 9.86. The molecule has 0 aliphatic heterocycles. The van der Waals surface area contributed by atoms with E-state index in [2.05, 4.69) is 77.0 Å². The van der Waals surface area contributed by atoms with E-state index < -0.39 is 0 Å². The zero-order chi connectivity index (χ0) is 14.6. The Kier molecular flexibility index (Phi) is 5.42. The standard InChI is InChI=1S/C17H30N2/c1-8-18-12-15-9-10-16(13(2)11-15)19(7)14(3)17(4,5)6/h9-11,14,18H,8,12H2,1-7H3. The van der Waals surface area contributed by atoms with Crippen LogP contribution in [0, 0.1) is 12.3 Å². The maximum atomic E-state index is 3.37. The van der Waals surface area contributed by atoms with Crippen molar-refractivity contribution in [2.24, 2.45) is 5.41 Å². The third-order valence-corrected chi connectivity index (χ3v) is 4.05. The molecule has 0 saturated carbocycles. The van der Waals surface area contributed by atoms with Crippen LogP contribution in [-0.4, -0.2) is 19.6 Å². The van der Waals surface area contributed by atoms with E-state index in [4.69, 9.17) is 0 Å². The molecular weight excluding hydrogens is 232 g/mol. The van der Waals surface area contributed by atoms with Gasteiger partial charge in [0.2, 0.25) is 0 Å². The number of rotatable bonds is 5. The van der Waals surface area contributed by atoms with Gasteiger partial charge in [-0.15, -0.1) is 0 Å². The van der Waals surface area contributed by atoms with E-state index in [1.54, 1.807) is 0 Å². The summed E-state index contributed by atoms with van der Waals surface area (Å²) < 4.78 is 0. The number of nitrogens with one attached hydrogen (secondary N) is 1. The average Bonchev–Trinajstić information content (AvgIpc) is 2.33. The molecule has 0 aliphatic rings. The van der Waals surface area contributed by atoms with Gasteiger partial charge >= 0.3 is 0 Å². The van der Waals surface area contributed by atoms with Crippen molar-refractivity contribution >= 4 is 5.69 Å². The lowest BCUT2D eigenvalue weighted by Gasteiger charge is -2.37. The van der Waals surface area contributed by atoms with Crippen molar-refractivity contribution in [1.82, 2.24) is 5.32 Å². The summed E-state index contributed by atoms with van der Waals surface area (Å²) in [6.45, 7) is 15.5. The Morgan fingerprint density at radius 3 is 2.37 bits per heavy atom. The average molecular weight is 262 g/mol. The van der Waals surface area contributed by atoms with Crippen LogP contribution in [0.15, 0.2) is 18.2 Å². The predicted molar refractivity (Wildman–Crippen MR) is 85.9 cm³/mol. The fourth-order valence-electron chi connectivity index (χ4n) is 2.28. The van der Waals surface area contributed by atoms with Crippen LogP contribution in [0.1, 0.15) is 45.7 Å². The van der Waals surface area contributed by atoms with E-state index in [0.29, 0.717) is 6.04 Å². The normalized spacial score (nSPS) is 13.4. The highest BCUT2D eigenvalue weighted by Gasteiger charge is 2.24.